The molecule has 2 atom stereocenters. The van der Waals surface area contributed by atoms with E-state index >= 15 is 0 Å². The van der Waals surface area contributed by atoms with Gasteiger partial charge in [0.2, 0.25) is 0 Å². The molecule has 1 rings (SSSR count). The topological polar surface area (TPSA) is 9.23 Å². The van der Waals surface area contributed by atoms with Crippen molar-refractivity contribution < 1.29 is 4.74 Å². The third-order valence-electron chi connectivity index (χ3n) is 1.48. The zero-order chi connectivity index (χ0) is 6.15. The Hall–Kier alpha value is -0.0400. The van der Waals surface area contributed by atoms with Gasteiger partial charge in [0.05, 0.1) is 12.2 Å². The summed E-state index contributed by atoms with van der Waals surface area (Å²) in [5.74, 6) is 0.831. The van der Waals surface area contributed by atoms with Gasteiger partial charge in [-0.25, -0.2) is 0 Å². The van der Waals surface area contributed by atoms with Crippen LogP contribution in [0.1, 0.15) is 27.2 Å². The van der Waals surface area contributed by atoms with Gasteiger partial charge in [-0.05, 0) is 26.2 Å². The summed E-state index contributed by atoms with van der Waals surface area (Å²) in [6, 6.07) is 0. The van der Waals surface area contributed by atoms with Crippen molar-refractivity contribution in [1.82, 2.24) is 0 Å². The maximum Gasteiger partial charge on any atom is 0.0608 e. The molecule has 0 saturated heterocycles. The molecule has 1 nitrogen and oxygen atoms in total. The molecule has 48 valence electrons. The van der Waals surface area contributed by atoms with Crippen LogP contribution in [0.5, 0.6) is 0 Å². The summed E-state index contributed by atoms with van der Waals surface area (Å²) in [4.78, 5) is 0. The first-order valence-corrected chi connectivity index (χ1v) is 3.35. The third kappa shape index (κ3) is 1.48. The van der Waals surface area contributed by atoms with Crippen LogP contribution in [-0.2, 0) is 4.74 Å². The molecule has 1 heteroatoms. The summed E-state index contributed by atoms with van der Waals surface area (Å²) in [7, 11) is 0. The Morgan fingerprint density at radius 1 is 1.50 bits per heavy atom. The van der Waals surface area contributed by atoms with E-state index in [2.05, 4.69) is 20.8 Å². The Balaban J connectivity index is 2.05. The van der Waals surface area contributed by atoms with E-state index in [-0.39, 0.29) is 0 Å². The van der Waals surface area contributed by atoms with Crippen molar-refractivity contribution in [2.24, 2.45) is 5.92 Å². The second-order valence-corrected chi connectivity index (χ2v) is 2.94. The molecule has 0 aromatic rings. The molecule has 0 heterocycles. The fourth-order valence-electron chi connectivity index (χ4n) is 0.827. The summed E-state index contributed by atoms with van der Waals surface area (Å²) < 4.78 is 5.47. The van der Waals surface area contributed by atoms with E-state index in [1.54, 1.807) is 0 Å². The van der Waals surface area contributed by atoms with Gasteiger partial charge in [0.1, 0.15) is 0 Å². The normalized spacial score (nSPS) is 36.0. The Labute approximate surface area is 51.0 Å². The van der Waals surface area contributed by atoms with Crippen LogP contribution in [0.15, 0.2) is 0 Å². The van der Waals surface area contributed by atoms with Crippen molar-refractivity contribution in [3.8, 4) is 0 Å². The molecule has 0 aromatic heterocycles. The van der Waals surface area contributed by atoms with Gasteiger partial charge in [-0.3, -0.25) is 0 Å². The number of hydrogen-bond acceptors (Lipinski definition) is 1. The van der Waals surface area contributed by atoms with Crippen molar-refractivity contribution in [2.75, 3.05) is 0 Å². The molecule has 1 aliphatic carbocycles. The molecule has 1 fully saturated rings. The Kier molecular flexibility index (Phi) is 1.57. The lowest BCUT2D eigenvalue weighted by Crippen LogP contribution is -2.04. The lowest BCUT2D eigenvalue weighted by Gasteiger charge is -2.03. The highest BCUT2D eigenvalue weighted by atomic mass is 16.5. The highest BCUT2D eigenvalue weighted by Gasteiger charge is 2.33. The Morgan fingerprint density at radius 2 is 2.00 bits per heavy atom. The van der Waals surface area contributed by atoms with Crippen molar-refractivity contribution in [1.29, 1.82) is 0 Å². The average molecular weight is 114 g/mol. The largest absolute Gasteiger partial charge is 0.375 e. The van der Waals surface area contributed by atoms with Crippen LogP contribution >= 0.6 is 0 Å². The number of ether oxygens (including phenoxy) is 1. The van der Waals surface area contributed by atoms with Crippen LogP contribution in [-0.4, -0.2) is 12.2 Å². The quantitative estimate of drug-likeness (QED) is 0.532. The minimum atomic E-state index is 0.421. The summed E-state index contributed by atoms with van der Waals surface area (Å²) in [5.41, 5.74) is 0. The molecule has 1 saturated carbocycles. The van der Waals surface area contributed by atoms with E-state index in [0.717, 1.165) is 5.92 Å². The van der Waals surface area contributed by atoms with E-state index in [1.807, 2.05) is 0 Å². The first kappa shape index (κ1) is 6.09. The maximum atomic E-state index is 5.47. The lowest BCUT2D eigenvalue weighted by atomic mass is 10.4. The van der Waals surface area contributed by atoms with Crippen LogP contribution < -0.4 is 0 Å². The monoisotopic (exact) mass is 114 g/mol. The van der Waals surface area contributed by atoms with Crippen LogP contribution in [0.3, 0.4) is 0 Å². The lowest BCUT2D eigenvalue weighted by molar-refractivity contribution is 0.0575. The number of rotatable bonds is 2. The molecule has 0 spiro atoms. The Morgan fingerprint density at radius 3 is 2.12 bits per heavy atom. The van der Waals surface area contributed by atoms with E-state index in [4.69, 9.17) is 4.74 Å². The smallest absolute Gasteiger partial charge is 0.0608 e. The highest BCUT2D eigenvalue weighted by molar-refractivity contribution is 4.83. The van der Waals surface area contributed by atoms with Crippen LogP contribution in [0.25, 0.3) is 0 Å². The van der Waals surface area contributed by atoms with E-state index < -0.39 is 0 Å². The summed E-state index contributed by atoms with van der Waals surface area (Å²) in [6.45, 7) is 6.41. The zero-order valence-electron chi connectivity index (χ0n) is 5.85. The highest BCUT2D eigenvalue weighted by Crippen LogP contribution is 2.33. The van der Waals surface area contributed by atoms with E-state index in [0.29, 0.717) is 12.2 Å². The molecular formula is C7H14O. The second-order valence-electron chi connectivity index (χ2n) is 2.94. The minimum Gasteiger partial charge on any atom is -0.375 e. The van der Waals surface area contributed by atoms with Crippen molar-refractivity contribution >= 4 is 0 Å². The SMILES string of the molecule is CC(C)OC1CC1C. The van der Waals surface area contributed by atoms with Crippen LogP contribution in [0.4, 0.5) is 0 Å². The standard InChI is InChI=1S/C7H14O/c1-5(2)8-7-4-6(7)3/h5-7H,4H2,1-3H3. The molecule has 0 aromatic carbocycles. The fraction of sp³-hybridized carbons (Fsp3) is 1.00. The van der Waals surface area contributed by atoms with Gasteiger partial charge in [0.15, 0.2) is 0 Å². The first-order valence-electron chi connectivity index (χ1n) is 3.35. The van der Waals surface area contributed by atoms with E-state index in [1.165, 1.54) is 6.42 Å². The van der Waals surface area contributed by atoms with Gasteiger partial charge in [0.25, 0.3) is 0 Å². The molecule has 0 radical (unpaired) electrons. The minimum absolute atomic E-state index is 0.421. The van der Waals surface area contributed by atoms with Gasteiger partial charge in [-0.15, -0.1) is 0 Å². The van der Waals surface area contributed by atoms with Gasteiger partial charge in [-0.2, -0.15) is 0 Å². The van der Waals surface area contributed by atoms with Crippen molar-refractivity contribution in [3.63, 3.8) is 0 Å². The molecule has 0 amide bonds. The van der Waals surface area contributed by atoms with E-state index in [9.17, 15) is 0 Å². The van der Waals surface area contributed by atoms with Crippen molar-refractivity contribution in [3.05, 3.63) is 0 Å². The van der Waals surface area contributed by atoms with Crippen LogP contribution in [0.2, 0.25) is 0 Å². The fourth-order valence-corrected chi connectivity index (χ4v) is 0.827. The predicted molar refractivity (Wildman–Crippen MR) is 33.8 cm³/mol. The maximum absolute atomic E-state index is 5.47. The van der Waals surface area contributed by atoms with Gasteiger partial charge in [-0.1, -0.05) is 6.92 Å². The molecule has 8 heavy (non-hydrogen) atoms. The zero-order valence-corrected chi connectivity index (χ0v) is 5.85. The molecule has 2 unspecified atom stereocenters. The molecule has 0 aliphatic heterocycles. The van der Waals surface area contributed by atoms with Gasteiger partial charge in [0, 0.05) is 0 Å². The average Bonchev–Trinajstić information content (AvgIpc) is 2.17. The summed E-state index contributed by atoms with van der Waals surface area (Å²) in [6.07, 6.45) is 2.29. The number of hydrogen-bond donors (Lipinski definition) is 0. The molecular weight excluding hydrogens is 100 g/mol. The molecule has 0 bridgehead atoms. The molecule has 1 aliphatic rings. The summed E-state index contributed by atoms with van der Waals surface area (Å²) in [5, 5.41) is 0. The van der Waals surface area contributed by atoms with Gasteiger partial charge < -0.3 is 4.74 Å². The first-order chi connectivity index (χ1) is 3.70. The van der Waals surface area contributed by atoms with Crippen molar-refractivity contribution in [2.45, 2.75) is 39.4 Å². The second kappa shape index (κ2) is 2.06. The summed E-state index contributed by atoms with van der Waals surface area (Å²) >= 11 is 0. The van der Waals surface area contributed by atoms with Gasteiger partial charge >= 0.3 is 0 Å². The van der Waals surface area contributed by atoms with Crippen LogP contribution in [0, 0.1) is 5.92 Å². The molecule has 0 N–H and O–H groups in total. The predicted octanol–water partition coefficient (Wildman–Crippen LogP) is 1.82. The third-order valence-corrected chi connectivity index (χ3v) is 1.48. The Bertz CT molecular complexity index is 78.5.